The zero-order chi connectivity index (χ0) is 12.8. The van der Waals surface area contributed by atoms with Crippen LogP contribution in [0.5, 0.6) is 11.5 Å². The van der Waals surface area contributed by atoms with E-state index < -0.39 is 0 Å². The van der Waals surface area contributed by atoms with Gasteiger partial charge in [-0.2, -0.15) is 10.4 Å². The Labute approximate surface area is 105 Å². The monoisotopic (exact) mass is 243 g/mol. The highest BCUT2D eigenvalue weighted by Gasteiger charge is 2.02. The van der Waals surface area contributed by atoms with E-state index >= 15 is 0 Å². The molecule has 0 aliphatic carbocycles. The standard InChI is InChI=1S/C13H13N3O2/c1-17-12-9-15-16(10-12)6-7-18-13-5-3-2-4-11(13)8-14/h2-5,9-10H,6-7H2,1H3. The number of aromatic nitrogens is 2. The van der Waals surface area contributed by atoms with E-state index in [1.807, 2.05) is 12.1 Å². The number of nitrogens with zero attached hydrogens (tertiary/aromatic N) is 3. The molecule has 0 aliphatic rings. The van der Waals surface area contributed by atoms with Crippen molar-refractivity contribution in [1.82, 2.24) is 9.78 Å². The minimum absolute atomic E-state index is 0.448. The van der Waals surface area contributed by atoms with Crippen molar-refractivity contribution in [3.63, 3.8) is 0 Å². The highest BCUT2D eigenvalue weighted by atomic mass is 16.5. The van der Waals surface area contributed by atoms with Gasteiger partial charge in [-0.05, 0) is 12.1 Å². The van der Waals surface area contributed by atoms with Gasteiger partial charge in [-0.1, -0.05) is 12.1 Å². The van der Waals surface area contributed by atoms with Gasteiger partial charge >= 0.3 is 0 Å². The lowest BCUT2D eigenvalue weighted by atomic mass is 10.2. The molecule has 0 saturated carbocycles. The molecule has 0 aliphatic heterocycles. The molecule has 0 amide bonds. The molecule has 1 aromatic carbocycles. The van der Waals surface area contributed by atoms with Crippen molar-refractivity contribution < 1.29 is 9.47 Å². The van der Waals surface area contributed by atoms with E-state index in [1.165, 1.54) is 0 Å². The molecule has 0 unspecified atom stereocenters. The first kappa shape index (κ1) is 12.0. The SMILES string of the molecule is COc1cnn(CCOc2ccccc2C#N)c1. The molecule has 92 valence electrons. The van der Waals surface area contributed by atoms with Crippen molar-refractivity contribution in [2.45, 2.75) is 6.54 Å². The summed E-state index contributed by atoms with van der Waals surface area (Å²) >= 11 is 0. The third-order valence-electron chi connectivity index (χ3n) is 2.43. The van der Waals surface area contributed by atoms with Crippen LogP contribution in [0.25, 0.3) is 0 Å². The van der Waals surface area contributed by atoms with Gasteiger partial charge in [0.2, 0.25) is 0 Å². The number of methoxy groups -OCH3 is 1. The second-order valence-electron chi connectivity index (χ2n) is 3.60. The predicted molar refractivity (Wildman–Crippen MR) is 65.4 cm³/mol. The summed E-state index contributed by atoms with van der Waals surface area (Å²) in [6, 6.07) is 9.25. The molecule has 5 nitrogen and oxygen atoms in total. The summed E-state index contributed by atoms with van der Waals surface area (Å²) in [6.45, 7) is 1.05. The van der Waals surface area contributed by atoms with Gasteiger partial charge in [0, 0.05) is 0 Å². The van der Waals surface area contributed by atoms with Crippen LogP contribution >= 0.6 is 0 Å². The average molecular weight is 243 g/mol. The Hall–Kier alpha value is -2.48. The van der Waals surface area contributed by atoms with E-state index in [0.29, 0.717) is 30.2 Å². The van der Waals surface area contributed by atoms with Gasteiger partial charge in [0.25, 0.3) is 0 Å². The molecule has 1 heterocycles. The third-order valence-corrected chi connectivity index (χ3v) is 2.43. The number of hydrogen-bond acceptors (Lipinski definition) is 4. The lowest BCUT2D eigenvalue weighted by Gasteiger charge is -2.07. The normalized spacial score (nSPS) is 9.78. The van der Waals surface area contributed by atoms with Gasteiger partial charge < -0.3 is 9.47 Å². The highest BCUT2D eigenvalue weighted by Crippen LogP contribution is 2.16. The topological polar surface area (TPSA) is 60.1 Å². The van der Waals surface area contributed by atoms with Gasteiger partial charge in [-0.15, -0.1) is 0 Å². The van der Waals surface area contributed by atoms with Crippen LogP contribution in [0, 0.1) is 11.3 Å². The van der Waals surface area contributed by atoms with Crippen molar-refractivity contribution in [1.29, 1.82) is 5.26 Å². The molecular formula is C13H13N3O2. The smallest absolute Gasteiger partial charge is 0.156 e. The fourth-order valence-electron chi connectivity index (χ4n) is 1.51. The summed E-state index contributed by atoms with van der Waals surface area (Å²) in [5.41, 5.74) is 0.538. The first-order valence-electron chi connectivity index (χ1n) is 5.52. The van der Waals surface area contributed by atoms with Crippen molar-refractivity contribution in [2.24, 2.45) is 0 Å². The number of rotatable bonds is 5. The number of nitriles is 1. The van der Waals surface area contributed by atoms with Gasteiger partial charge in [0.05, 0.1) is 31.6 Å². The molecular weight excluding hydrogens is 230 g/mol. The van der Waals surface area contributed by atoms with E-state index in [1.54, 1.807) is 36.3 Å². The molecule has 18 heavy (non-hydrogen) atoms. The van der Waals surface area contributed by atoms with E-state index in [9.17, 15) is 0 Å². The van der Waals surface area contributed by atoms with Crippen LogP contribution in [0.2, 0.25) is 0 Å². The predicted octanol–water partition coefficient (Wildman–Crippen LogP) is 1.84. The molecule has 0 saturated heterocycles. The first-order chi connectivity index (χ1) is 8.83. The van der Waals surface area contributed by atoms with Gasteiger partial charge in [0.1, 0.15) is 18.4 Å². The maximum atomic E-state index is 8.91. The van der Waals surface area contributed by atoms with E-state index in [-0.39, 0.29) is 0 Å². The van der Waals surface area contributed by atoms with Crippen molar-refractivity contribution >= 4 is 0 Å². The Morgan fingerprint density at radius 3 is 2.94 bits per heavy atom. The number of para-hydroxylation sites is 1. The van der Waals surface area contributed by atoms with Crippen LogP contribution in [0.1, 0.15) is 5.56 Å². The summed E-state index contributed by atoms with van der Waals surface area (Å²) in [5.74, 6) is 1.31. The minimum atomic E-state index is 0.448. The van der Waals surface area contributed by atoms with E-state index in [2.05, 4.69) is 11.2 Å². The number of ether oxygens (including phenoxy) is 2. The number of benzene rings is 1. The summed E-state index contributed by atoms with van der Waals surface area (Å²) in [7, 11) is 1.60. The Bertz CT molecular complexity index is 557. The van der Waals surface area contributed by atoms with Crippen LogP contribution < -0.4 is 9.47 Å². The maximum Gasteiger partial charge on any atom is 0.156 e. The molecule has 1 aromatic heterocycles. The largest absolute Gasteiger partial charge is 0.493 e. The van der Waals surface area contributed by atoms with Crippen LogP contribution in [0.3, 0.4) is 0 Å². The third kappa shape index (κ3) is 2.80. The molecule has 0 spiro atoms. The fourth-order valence-corrected chi connectivity index (χ4v) is 1.51. The molecule has 0 N–H and O–H groups in total. The van der Waals surface area contributed by atoms with Crippen molar-refractivity contribution in [2.75, 3.05) is 13.7 Å². The van der Waals surface area contributed by atoms with Crippen LogP contribution in [-0.4, -0.2) is 23.5 Å². The first-order valence-corrected chi connectivity index (χ1v) is 5.52. The van der Waals surface area contributed by atoms with E-state index in [4.69, 9.17) is 14.7 Å². The summed E-state index contributed by atoms with van der Waals surface area (Å²) in [6.07, 6.45) is 3.43. The van der Waals surface area contributed by atoms with Gasteiger partial charge in [-0.25, -0.2) is 0 Å². The van der Waals surface area contributed by atoms with Gasteiger partial charge in [0.15, 0.2) is 5.75 Å². The lowest BCUT2D eigenvalue weighted by Crippen LogP contribution is -2.09. The molecule has 0 radical (unpaired) electrons. The Balaban J connectivity index is 1.90. The average Bonchev–Trinajstić information content (AvgIpc) is 2.87. The Morgan fingerprint density at radius 2 is 2.22 bits per heavy atom. The zero-order valence-corrected chi connectivity index (χ0v) is 10.0. The van der Waals surface area contributed by atoms with E-state index in [0.717, 1.165) is 0 Å². The molecule has 0 atom stereocenters. The fraction of sp³-hybridized carbons (Fsp3) is 0.231. The molecule has 2 aromatic rings. The van der Waals surface area contributed by atoms with Crippen molar-refractivity contribution in [3.05, 3.63) is 42.2 Å². The second kappa shape index (κ2) is 5.73. The highest BCUT2D eigenvalue weighted by molar-refractivity contribution is 5.42. The summed E-state index contributed by atoms with van der Waals surface area (Å²) < 4.78 is 12.3. The van der Waals surface area contributed by atoms with Crippen LogP contribution in [-0.2, 0) is 6.54 Å². The summed E-state index contributed by atoms with van der Waals surface area (Å²) in [5, 5.41) is 13.0. The molecule has 2 rings (SSSR count). The quantitative estimate of drug-likeness (QED) is 0.804. The van der Waals surface area contributed by atoms with Crippen LogP contribution in [0.4, 0.5) is 0 Å². The minimum Gasteiger partial charge on any atom is -0.493 e. The molecule has 5 heteroatoms. The Morgan fingerprint density at radius 1 is 1.39 bits per heavy atom. The maximum absolute atomic E-state index is 8.91. The van der Waals surface area contributed by atoms with Crippen molar-refractivity contribution in [3.8, 4) is 17.6 Å². The zero-order valence-electron chi connectivity index (χ0n) is 10.0. The summed E-state index contributed by atoms with van der Waals surface area (Å²) in [4.78, 5) is 0. The second-order valence-corrected chi connectivity index (χ2v) is 3.60. The molecule has 0 bridgehead atoms. The Kier molecular flexibility index (Phi) is 3.82. The molecule has 0 fully saturated rings. The number of hydrogen-bond donors (Lipinski definition) is 0. The lowest BCUT2D eigenvalue weighted by molar-refractivity contribution is 0.290. The van der Waals surface area contributed by atoms with Gasteiger partial charge in [-0.3, -0.25) is 4.68 Å². The van der Waals surface area contributed by atoms with Crippen LogP contribution in [0.15, 0.2) is 36.7 Å².